The Morgan fingerprint density at radius 2 is 1.52 bits per heavy atom. The van der Waals surface area contributed by atoms with Gasteiger partial charge in [-0.05, 0) is 96.2 Å². The maximum Gasteiger partial charge on any atom is 0.416 e. The first-order chi connectivity index (χ1) is 19.4. The zero-order chi connectivity index (χ0) is 31.0. The summed E-state index contributed by atoms with van der Waals surface area (Å²) < 4.78 is 39.7. The van der Waals surface area contributed by atoms with Crippen LogP contribution in [0.2, 0.25) is 0 Å². The number of aromatic hydroxyl groups is 1. The van der Waals surface area contributed by atoms with Gasteiger partial charge in [0.25, 0.3) is 5.91 Å². The number of anilines is 1. The average molecular weight is 602 g/mol. The molecule has 0 radical (unpaired) electrons. The molecule has 0 unspecified atom stereocenters. The molecule has 42 heavy (non-hydrogen) atoms. The van der Waals surface area contributed by atoms with Gasteiger partial charge in [-0.2, -0.15) is 4.31 Å². The second kappa shape index (κ2) is 11.6. The average Bonchev–Trinajstić information content (AvgIpc) is 2.88. The molecule has 2 aliphatic heterocycles. The number of carbonyl (C=O) groups is 3. The van der Waals surface area contributed by atoms with Gasteiger partial charge in [0.1, 0.15) is 30.2 Å². The topological polar surface area (TPSA) is 134 Å². The largest absolute Gasteiger partial charge is 0.508 e. The summed E-state index contributed by atoms with van der Waals surface area (Å²) in [4.78, 5) is 41.5. The molecule has 0 atom stereocenters. The number of esters is 1. The van der Waals surface area contributed by atoms with Gasteiger partial charge in [-0.25, -0.2) is 13.2 Å². The minimum atomic E-state index is -3.95. The number of nitrogens with zero attached hydrogens (tertiary/aromatic N) is 3. The second-order valence-electron chi connectivity index (χ2n) is 12.6. The zero-order valence-corrected chi connectivity index (χ0v) is 25.7. The molecule has 4 rings (SSSR count). The van der Waals surface area contributed by atoms with Gasteiger partial charge in [0.05, 0.1) is 16.1 Å². The van der Waals surface area contributed by atoms with Crippen molar-refractivity contribution in [3.63, 3.8) is 0 Å². The summed E-state index contributed by atoms with van der Waals surface area (Å²) in [5.41, 5.74) is -0.419. The Morgan fingerprint density at radius 1 is 0.929 bits per heavy atom. The van der Waals surface area contributed by atoms with E-state index in [0.29, 0.717) is 25.9 Å². The van der Waals surface area contributed by atoms with E-state index >= 15 is 0 Å². The maximum atomic E-state index is 13.7. The third-order valence-corrected chi connectivity index (χ3v) is 8.79. The highest BCUT2D eigenvalue weighted by Crippen LogP contribution is 2.35. The van der Waals surface area contributed by atoms with Crippen molar-refractivity contribution in [2.24, 2.45) is 0 Å². The third-order valence-electron chi connectivity index (χ3n) is 6.90. The Morgan fingerprint density at radius 3 is 2.10 bits per heavy atom. The summed E-state index contributed by atoms with van der Waals surface area (Å²) in [6.07, 6.45) is 0.434. The summed E-state index contributed by atoms with van der Waals surface area (Å²) in [6.45, 7) is 10.1. The van der Waals surface area contributed by atoms with Crippen molar-refractivity contribution in [2.45, 2.75) is 76.4 Å². The molecule has 1 saturated heterocycles. The van der Waals surface area contributed by atoms with Crippen LogP contribution in [0.15, 0.2) is 47.4 Å². The van der Waals surface area contributed by atoms with E-state index in [4.69, 9.17) is 9.47 Å². The molecule has 0 aromatic heterocycles. The van der Waals surface area contributed by atoms with Crippen LogP contribution in [0.25, 0.3) is 0 Å². The molecule has 2 amide bonds. The Kier molecular flexibility index (Phi) is 8.62. The normalized spacial score (nSPS) is 17.1. The molecule has 11 nitrogen and oxygen atoms in total. The van der Waals surface area contributed by atoms with Crippen LogP contribution in [0.1, 0.15) is 76.2 Å². The Balaban J connectivity index is 1.60. The predicted molar refractivity (Wildman–Crippen MR) is 156 cm³/mol. The lowest BCUT2D eigenvalue weighted by molar-refractivity contribution is -0.155. The fraction of sp³-hybridized carbons (Fsp3) is 0.500. The van der Waals surface area contributed by atoms with E-state index in [0.717, 1.165) is 5.56 Å². The van der Waals surface area contributed by atoms with Gasteiger partial charge in [-0.1, -0.05) is 12.1 Å². The highest BCUT2D eigenvalue weighted by atomic mass is 32.2. The van der Waals surface area contributed by atoms with Crippen molar-refractivity contribution in [3.05, 3.63) is 53.6 Å². The Hall–Kier alpha value is -3.64. The number of piperidine rings is 1. The number of benzene rings is 2. The number of phenols is 1. The first-order valence-corrected chi connectivity index (χ1v) is 15.3. The van der Waals surface area contributed by atoms with E-state index in [1.807, 2.05) is 12.1 Å². The summed E-state index contributed by atoms with van der Waals surface area (Å²) in [7, 11) is -3.95. The van der Waals surface area contributed by atoms with Crippen LogP contribution < -0.4 is 4.90 Å². The maximum absolute atomic E-state index is 13.7. The van der Waals surface area contributed by atoms with E-state index in [1.54, 1.807) is 53.7 Å². The number of rotatable bonds is 5. The van der Waals surface area contributed by atoms with Crippen LogP contribution in [0.5, 0.6) is 5.75 Å². The van der Waals surface area contributed by atoms with Crippen molar-refractivity contribution in [2.75, 3.05) is 31.2 Å². The molecule has 228 valence electrons. The minimum absolute atomic E-state index is 0.0497. The van der Waals surface area contributed by atoms with Crippen molar-refractivity contribution in [1.82, 2.24) is 9.21 Å². The van der Waals surface area contributed by atoms with Gasteiger partial charge in [-0.15, -0.1) is 0 Å². The first-order valence-electron chi connectivity index (χ1n) is 13.9. The fourth-order valence-corrected chi connectivity index (χ4v) is 6.50. The summed E-state index contributed by atoms with van der Waals surface area (Å²) in [6, 6.07) is 11.0. The molecule has 2 aromatic carbocycles. The molecule has 0 spiro atoms. The lowest BCUT2D eigenvalue weighted by Crippen LogP contribution is -2.52. The van der Waals surface area contributed by atoms with Crippen LogP contribution in [-0.2, 0) is 24.3 Å². The molecular formula is C30H39N3O8S. The SMILES string of the molecule is CC(C)(C)OC(=O)CN1CN(C(=O)OC(C)(C)C)c2cc(S(=O)(=O)N3CCC(c4ccc(O)cc4)CC3)ccc2C1=O. The smallest absolute Gasteiger partial charge is 0.416 e. The number of phenolic OH excluding ortho intramolecular Hbond substituents is 1. The van der Waals surface area contributed by atoms with E-state index < -0.39 is 45.7 Å². The van der Waals surface area contributed by atoms with Crippen LogP contribution in [-0.4, -0.2) is 78.2 Å². The summed E-state index contributed by atoms with van der Waals surface area (Å²) in [5.74, 6) is -0.831. The van der Waals surface area contributed by atoms with E-state index in [9.17, 15) is 27.9 Å². The predicted octanol–water partition coefficient (Wildman–Crippen LogP) is 4.46. The molecule has 2 aromatic rings. The number of sulfonamides is 1. The molecule has 0 aliphatic carbocycles. The molecular weight excluding hydrogens is 562 g/mol. The van der Waals surface area contributed by atoms with Gasteiger partial charge in [0.2, 0.25) is 10.0 Å². The third kappa shape index (κ3) is 7.22. The quantitative estimate of drug-likeness (QED) is 0.497. The summed E-state index contributed by atoms with van der Waals surface area (Å²) in [5, 5.41) is 9.57. The Labute approximate surface area is 247 Å². The van der Waals surface area contributed by atoms with Gasteiger partial charge >= 0.3 is 12.1 Å². The van der Waals surface area contributed by atoms with E-state index in [-0.39, 0.29) is 34.5 Å². The monoisotopic (exact) mass is 601 g/mol. The van der Waals surface area contributed by atoms with Crippen LogP contribution in [0.3, 0.4) is 0 Å². The van der Waals surface area contributed by atoms with Crippen molar-refractivity contribution in [3.8, 4) is 5.75 Å². The molecule has 0 bridgehead atoms. The zero-order valence-electron chi connectivity index (χ0n) is 24.9. The molecule has 1 fully saturated rings. The van der Waals surface area contributed by atoms with Gasteiger partial charge in [0.15, 0.2) is 0 Å². The standard InChI is InChI=1S/C30H39N3O8S/c1-29(2,3)40-26(35)18-31-19-33(28(37)41-30(4,5)6)25-17-23(11-12-24(25)27(31)36)42(38,39)32-15-13-21(14-16-32)20-7-9-22(34)10-8-20/h7-12,17,21,34H,13-16,18-19H2,1-6H3. The number of carbonyl (C=O) groups excluding carboxylic acids is 3. The van der Waals surface area contributed by atoms with Gasteiger partial charge < -0.3 is 19.5 Å². The van der Waals surface area contributed by atoms with Crippen LogP contribution in [0, 0.1) is 0 Å². The number of ether oxygens (including phenoxy) is 2. The summed E-state index contributed by atoms with van der Waals surface area (Å²) >= 11 is 0. The lowest BCUT2D eigenvalue weighted by atomic mass is 9.90. The first kappa shape index (κ1) is 31.3. The second-order valence-corrected chi connectivity index (χ2v) is 14.5. The molecule has 12 heteroatoms. The number of amides is 2. The minimum Gasteiger partial charge on any atom is -0.508 e. The molecule has 2 heterocycles. The molecule has 2 aliphatic rings. The number of hydrogen-bond acceptors (Lipinski definition) is 8. The van der Waals surface area contributed by atoms with E-state index in [1.165, 1.54) is 32.3 Å². The van der Waals surface area contributed by atoms with Gasteiger partial charge in [0, 0.05) is 13.1 Å². The van der Waals surface area contributed by atoms with Crippen molar-refractivity contribution < 1.29 is 37.4 Å². The highest BCUT2D eigenvalue weighted by molar-refractivity contribution is 7.89. The van der Waals surface area contributed by atoms with Crippen LogP contribution >= 0.6 is 0 Å². The van der Waals surface area contributed by atoms with Crippen molar-refractivity contribution in [1.29, 1.82) is 0 Å². The molecule has 1 N–H and O–H groups in total. The van der Waals surface area contributed by atoms with Gasteiger partial charge in [-0.3, -0.25) is 14.5 Å². The molecule has 0 saturated carbocycles. The van der Waals surface area contributed by atoms with Crippen molar-refractivity contribution >= 4 is 33.7 Å². The van der Waals surface area contributed by atoms with Crippen LogP contribution in [0.4, 0.5) is 10.5 Å². The lowest BCUT2D eigenvalue weighted by Gasteiger charge is -2.37. The number of fused-ring (bicyclic) bond motifs is 1. The Bertz CT molecular complexity index is 1450. The fourth-order valence-electron chi connectivity index (χ4n) is 5.01. The van der Waals surface area contributed by atoms with E-state index in [2.05, 4.69) is 0 Å². The number of hydrogen-bond donors (Lipinski definition) is 1. The highest BCUT2D eigenvalue weighted by Gasteiger charge is 2.38.